The number of aromatic nitrogens is 2. The molecular weight excluding hydrogens is 490 g/mol. The lowest BCUT2D eigenvalue weighted by Gasteiger charge is -2.12. The zero-order chi connectivity index (χ0) is 22.5. The first-order valence-electron chi connectivity index (χ1n) is 8.93. The van der Waals surface area contributed by atoms with Crippen LogP contribution in [0.1, 0.15) is 21.6 Å². The Labute approximate surface area is 191 Å². The van der Waals surface area contributed by atoms with Gasteiger partial charge in [0.1, 0.15) is 24.3 Å². The van der Waals surface area contributed by atoms with E-state index in [1.54, 1.807) is 49.6 Å². The predicted octanol–water partition coefficient (Wildman–Crippen LogP) is 5.23. The van der Waals surface area contributed by atoms with Crippen molar-refractivity contribution in [2.45, 2.75) is 6.61 Å². The SMILES string of the molecule is COc1ccc(/C=C/C(=O)c2nn(C)cc2[N+](=O)[O-])cc1COc1ccc(Cl)cc1Br. The van der Waals surface area contributed by atoms with E-state index < -0.39 is 10.7 Å². The van der Waals surface area contributed by atoms with Crippen LogP contribution in [0.2, 0.25) is 5.02 Å². The van der Waals surface area contributed by atoms with E-state index in [1.165, 1.54) is 24.0 Å². The number of ketones is 1. The molecular formula is C21H17BrClN3O5. The van der Waals surface area contributed by atoms with Gasteiger partial charge in [0.25, 0.3) is 0 Å². The lowest BCUT2D eigenvalue weighted by Crippen LogP contribution is -2.01. The maximum absolute atomic E-state index is 12.4. The molecule has 0 aliphatic heterocycles. The summed E-state index contributed by atoms with van der Waals surface area (Å²) in [4.78, 5) is 22.9. The van der Waals surface area contributed by atoms with Gasteiger partial charge in [-0.05, 0) is 57.9 Å². The Morgan fingerprint density at radius 2 is 2.03 bits per heavy atom. The molecule has 160 valence electrons. The Kier molecular flexibility index (Phi) is 7.09. The molecule has 0 spiro atoms. The summed E-state index contributed by atoms with van der Waals surface area (Å²) in [6, 6.07) is 10.5. The average molecular weight is 507 g/mol. The number of allylic oxidation sites excluding steroid dienone is 1. The standard InChI is InChI=1S/C21H17BrClN3O5/c1-25-11-17(26(28)29)21(24-25)18(27)6-3-13-4-7-19(30-2)14(9-13)12-31-20-8-5-15(23)10-16(20)22/h3-11H,12H2,1-2H3/b6-3+. The summed E-state index contributed by atoms with van der Waals surface area (Å²) in [7, 11) is 3.07. The first-order chi connectivity index (χ1) is 14.8. The summed E-state index contributed by atoms with van der Waals surface area (Å²) in [5.41, 5.74) is 0.896. The molecule has 0 atom stereocenters. The maximum Gasteiger partial charge on any atom is 0.318 e. The van der Waals surface area contributed by atoms with Gasteiger partial charge in [-0.3, -0.25) is 19.6 Å². The quantitative estimate of drug-likeness (QED) is 0.180. The first-order valence-corrected chi connectivity index (χ1v) is 10.1. The largest absolute Gasteiger partial charge is 0.496 e. The van der Waals surface area contributed by atoms with Gasteiger partial charge in [-0.25, -0.2) is 0 Å². The van der Waals surface area contributed by atoms with Crippen molar-refractivity contribution in [1.29, 1.82) is 0 Å². The van der Waals surface area contributed by atoms with Crippen LogP contribution in [0.4, 0.5) is 5.69 Å². The number of carbonyl (C=O) groups excluding carboxylic acids is 1. The van der Waals surface area contributed by atoms with E-state index in [0.717, 1.165) is 10.0 Å². The zero-order valence-corrected chi connectivity index (χ0v) is 18.9. The van der Waals surface area contributed by atoms with Crippen molar-refractivity contribution < 1.29 is 19.2 Å². The smallest absolute Gasteiger partial charge is 0.318 e. The molecule has 3 rings (SSSR count). The number of ether oxygens (including phenoxy) is 2. The fraction of sp³-hybridized carbons (Fsp3) is 0.143. The highest BCUT2D eigenvalue weighted by molar-refractivity contribution is 9.10. The Hall–Kier alpha value is -3.17. The van der Waals surface area contributed by atoms with E-state index in [0.29, 0.717) is 22.1 Å². The molecule has 0 unspecified atom stereocenters. The maximum atomic E-state index is 12.4. The number of nitrogens with zero attached hydrogens (tertiary/aromatic N) is 3. The number of nitro groups is 1. The van der Waals surface area contributed by atoms with Crippen molar-refractivity contribution >= 4 is 45.1 Å². The van der Waals surface area contributed by atoms with E-state index in [4.69, 9.17) is 21.1 Å². The highest BCUT2D eigenvalue weighted by Gasteiger charge is 2.23. The molecule has 0 bridgehead atoms. The second kappa shape index (κ2) is 9.76. The highest BCUT2D eigenvalue weighted by atomic mass is 79.9. The van der Waals surface area contributed by atoms with Crippen molar-refractivity contribution in [2.75, 3.05) is 7.11 Å². The number of carbonyl (C=O) groups is 1. The van der Waals surface area contributed by atoms with E-state index >= 15 is 0 Å². The Morgan fingerprint density at radius 1 is 1.29 bits per heavy atom. The molecule has 0 saturated carbocycles. The summed E-state index contributed by atoms with van der Waals surface area (Å²) in [5.74, 6) is 0.671. The summed E-state index contributed by atoms with van der Waals surface area (Å²) in [6.07, 6.45) is 4.00. The molecule has 0 fully saturated rings. The minimum absolute atomic E-state index is 0.213. The molecule has 31 heavy (non-hydrogen) atoms. The number of rotatable bonds is 8. The van der Waals surface area contributed by atoms with Gasteiger partial charge < -0.3 is 9.47 Å². The molecule has 8 nitrogen and oxygen atoms in total. The summed E-state index contributed by atoms with van der Waals surface area (Å²) >= 11 is 9.36. The predicted molar refractivity (Wildman–Crippen MR) is 120 cm³/mol. The molecule has 3 aromatic rings. The third kappa shape index (κ3) is 5.50. The third-order valence-corrected chi connectivity index (χ3v) is 5.10. The second-order valence-electron chi connectivity index (χ2n) is 6.43. The summed E-state index contributed by atoms with van der Waals surface area (Å²) in [5, 5.41) is 15.6. The molecule has 1 heterocycles. The van der Waals surface area contributed by atoms with E-state index in [9.17, 15) is 14.9 Å². The van der Waals surface area contributed by atoms with Gasteiger partial charge in [0, 0.05) is 17.6 Å². The van der Waals surface area contributed by atoms with Crippen molar-refractivity contribution in [2.24, 2.45) is 7.05 Å². The minimum atomic E-state index is -0.633. The Balaban J connectivity index is 1.80. The lowest BCUT2D eigenvalue weighted by atomic mass is 10.1. The number of benzene rings is 2. The molecule has 10 heteroatoms. The number of aryl methyl sites for hydroxylation is 1. The van der Waals surface area contributed by atoms with E-state index in [2.05, 4.69) is 21.0 Å². The topological polar surface area (TPSA) is 96.5 Å². The van der Waals surface area contributed by atoms with Gasteiger partial charge in [-0.1, -0.05) is 23.7 Å². The fourth-order valence-corrected chi connectivity index (χ4v) is 3.60. The second-order valence-corrected chi connectivity index (χ2v) is 7.72. The first kappa shape index (κ1) is 22.5. The average Bonchev–Trinajstić information content (AvgIpc) is 3.13. The van der Waals surface area contributed by atoms with Crippen LogP contribution in [0.5, 0.6) is 11.5 Å². The van der Waals surface area contributed by atoms with Crippen molar-refractivity contribution in [1.82, 2.24) is 9.78 Å². The molecule has 0 saturated heterocycles. The van der Waals surface area contributed by atoms with Crippen molar-refractivity contribution in [3.05, 3.63) is 85.1 Å². The van der Waals surface area contributed by atoms with Crippen LogP contribution >= 0.6 is 27.5 Å². The molecule has 0 aliphatic carbocycles. The third-order valence-electron chi connectivity index (χ3n) is 4.25. The van der Waals surface area contributed by atoms with E-state index in [-0.39, 0.29) is 18.0 Å². The van der Waals surface area contributed by atoms with Crippen LogP contribution in [-0.4, -0.2) is 27.6 Å². The van der Waals surface area contributed by atoms with E-state index in [1.807, 2.05) is 0 Å². The molecule has 0 aliphatic rings. The van der Waals surface area contributed by atoms with Crippen LogP contribution in [-0.2, 0) is 13.7 Å². The molecule has 0 N–H and O–H groups in total. The van der Waals surface area contributed by atoms with Crippen LogP contribution < -0.4 is 9.47 Å². The number of methoxy groups -OCH3 is 1. The van der Waals surface area contributed by atoms with Gasteiger partial charge in [0.15, 0.2) is 0 Å². The van der Waals surface area contributed by atoms with Crippen molar-refractivity contribution in [3.63, 3.8) is 0 Å². The van der Waals surface area contributed by atoms with Gasteiger partial charge in [0.05, 0.1) is 16.5 Å². The molecule has 2 aromatic carbocycles. The van der Waals surface area contributed by atoms with Crippen LogP contribution in [0, 0.1) is 10.1 Å². The number of hydrogen-bond donors (Lipinski definition) is 0. The fourth-order valence-electron chi connectivity index (χ4n) is 2.80. The monoisotopic (exact) mass is 505 g/mol. The van der Waals surface area contributed by atoms with Gasteiger partial charge in [-0.15, -0.1) is 0 Å². The van der Waals surface area contributed by atoms with Crippen LogP contribution in [0.15, 0.2) is 53.1 Å². The normalized spacial score (nSPS) is 11.0. The summed E-state index contributed by atoms with van der Waals surface area (Å²) in [6.45, 7) is 0.213. The number of halogens is 2. The van der Waals surface area contributed by atoms with Gasteiger partial charge in [0.2, 0.25) is 11.5 Å². The number of hydrogen-bond acceptors (Lipinski definition) is 6. The zero-order valence-electron chi connectivity index (χ0n) is 16.5. The highest BCUT2D eigenvalue weighted by Crippen LogP contribution is 2.30. The molecule has 1 aromatic heterocycles. The minimum Gasteiger partial charge on any atom is -0.496 e. The van der Waals surface area contributed by atoms with Gasteiger partial charge >= 0.3 is 5.69 Å². The Morgan fingerprint density at radius 3 is 2.71 bits per heavy atom. The van der Waals surface area contributed by atoms with Gasteiger partial charge in [-0.2, -0.15) is 5.10 Å². The molecule has 0 amide bonds. The van der Waals surface area contributed by atoms with Crippen LogP contribution in [0.25, 0.3) is 6.08 Å². The van der Waals surface area contributed by atoms with Crippen LogP contribution in [0.3, 0.4) is 0 Å². The molecule has 0 radical (unpaired) electrons. The lowest BCUT2D eigenvalue weighted by molar-refractivity contribution is -0.385. The summed E-state index contributed by atoms with van der Waals surface area (Å²) < 4.78 is 13.2. The Bertz CT molecular complexity index is 1180. The van der Waals surface area contributed by atoms with Crippen molar-refractivity contribution in [3.8, 4) is 11.5 Å².